The summed E-state index contributed by atoms with van der Waals surface area (Å²) in [5, 5.41) is 3.45. The maximum atomic E-state index is 6.73. The number of allylic oxidation sites excluding steroid dienone is 4. The van der Waals surface area contributed by atoms with Crippen molar-refractivity contribution in [2.24, 2.45) is 0 Å². The molecule has 38 heavy (non-hydrogen) atoms. The Bertz CT molecular complexity index is 1830. The molecule has 4 aromatic carbocycles. The molecule has 2 aliphatic carbocycles. The maximum Gasteiger partial charge on any atom is 0.0541 e. The standard InChI is InChI=1S/C36H32ClN/c1-7-28-34(21(2)37)27-20-30-26(19-31(27)35(28,3)4)23-17-16-22(18-29(23)36(30,5)6)38-32-14-10-8-12-24(32)25-13-9-11-15-33(25)38/h7-20H,1-6H3/b28-7+,34-21+. The molecule has 1 nitrogen and oxygen atoms in total. The maximum absolute atomic E-state index is 6.73. The third-order valence-corrected chi connectivity index (χ3v) is 9.34. The van der Waals surface area contributed by atoms with Gasteiger partial charge in [-0.15, -0.1) is 0 Å². The Morgan fingerprint density at radius 1 is 0.684 bits per heavy atom. The average molecular weight is 514 g/mol. The molecule has 2 heteroatoms. The quantitative estimate of drug-likeness (QED) is 0.210. The molecule has 0 saturated carbocycles. The third-order valence-electron chi connectivity index (χ3n) is 9.15. The van der Waals surface area contributed by atoms with Gasteiger partial charge in [0.05, 0.1) is 11.0 Å². The zero-order chi connectivity index (χ0) is 26.6. The molecule has 0 unspecified atom stereocenters. The van der Waals surface area contributed by atoms with Crippen molar-refractivity contribution in [1.82, 2.24) is 4.57 Å². The molecule has 0 bridgehead atoms. The van der Waals surface area contributed by atoms with Crippen molar-refractivity contribution in [2.75, 3.05) is 0 Å². The SMILES string of the molecule is C/C=C1\C(=C(/C)Cl)c2cc3c(cc2C1(C)C)-c1ccc(-n2c4ccccc4c4ccccc42)cc1C3(C)C. The van der Waals surface area contributed by atoms with Gasteiger partial charge in [-0.25, -0.2) is 0 Å². The van der Waals surface area contributed by atoms with Crippen LogP contribution in [0.1, 0.15) is 63.8 Å². The molecule has 2 aliphatic rings. The van der Waals surface area contributed by atoms with Crippen LogP contribution in [0.4, 0.5) is 0 Å². The Morgan fingerprint density at radius 3 is 1.84 bits per heavy atom. The number of hydrogen-bond donors (Lipinski definition) is 0. The second-order valence-corrected chi connectivity index (χ2v) is 12.5. The van der Waals surface area contributed by atoms with Gasteiger partial charge in [0, 0.05) is 32.3 Å². The predicted octanol–water partition coefficient (Wildman–Crippen LogP) is 10.3. The summed E-state index contributed by atoms with van der Waals surface area (Å²) in [4.78, 5) is 0. The summed E-state index contributed by atoms with van der Waals surface area (Å²) in [5.41, 5.74) is 14.1. The van der Waals surface area contributed by atoms with E-state index in [0.717, 1.165) is 5.03 Å². The Kier molecular flexibility index (Phi) is 4.80. The molecule has 0 fully saturated rings. The van der Waals surface area contributed by atoms with Crippen LogP contribution in [0.25, 0.3) is 44.2 Å². The molecule has 0 spiro atoms. The van der Waals surface area contributed by atoms with Crippen LogP contribution >= 0.6 is 11.6 Å². The van der Waals surface area contributed by atoms with Crippen LogP contribution in [-0.4, -0.2) is 4.57 Å². The summed E-state index contributed by atoms with van der Waals surface area (Å²) in [6.07, 6.45) is 2.24. The smallest absolute Gasteiger partial charge is 0.0541 e. The molecule has 0 aliphatic heterocycles. The van der Waals surface area contributed by atoms with Gasteiger partial charge < -0.3 is 4.57 Å². The predicted molar refractivity (Wildman–Crippen MR) is 164 cm³/mol. The number of para-hydroxylation sites is 2. The highest BCUT2D eigenvalue weighted by molar-refractivity contribution is 6.33. The number of hydrogen-bond acceptors (Lipinski definition) is 0. The minimum Gasteiger partial charge on any atom is -0.309 e. The van der Waals surface area contributed by atoms with Crippen LogP contribution in [0.2, 0.25) is 0 Å². The van der Waals surface area contributed by atoms with Crippen LogP contribution in [0.5, 0.6) is 0 Å². The van der Waals surface area contributed by atoms with Crippen molar-refractivity contribution in [1.29, 1.82) is 0 Å². The van der Waals surface area contributed by atoms with Gasteiger partial charge in [0.25, 0.3) is 0 Å². The van der Waals surface area contributed by atoms with E-state index in [1.807, 2.05) is 6.92 Å². The van der Waals surface area contributed by atoms with Gasteiger partial charge in [-0.3, -0.25) is 0 Å². The fourth-order valence-electron chi connectivity index (χ4n) is 7.31. The molecule has 0 saturated heterocycles. The Labute approximate surface area is 230 Å². The molecule has 0 amide bonds. The highest BCUT2D eigenvalue weighted by Crippen LogP contribution is 2.57. The van der Waals surface area contributed by atoms with Crippen LogP contribution in [0, 0.1) is 0 Å². The Hall–Kier alpha value is -3.55. The summed E-state index contributed by atoms with van der Waals surface area (Å²) < 4.78 is 2.42. The van der Waals surface area contributed by atoms with Crippen LogP contribution in [-0.2, 0) is 10.8 Å². The topological polar surface area (TPSA) is 4.93 Å². The molecule has 0 atom stereocenters. The van der Waals surface area contributed by atoms with Gasteiger partial charge in [0.2, 0.25) is 0 Å². The number of nitrogens with zero attached hydrogens (tertiary/aromatic N) is 1. The summed E-state index contributed by atoms with van der Waals surface area (Å²) >= 11 is 6.73. The van der Waals surface area contributed by atoms with Gasteiger partial charge in [-0.05, 0) is 94.8 Å². The first-order valence-corrected chi connectivity index (χ1v) is 13.9. The van der Waals surface area contributed by atoms with Gasteiger partial charge in [-0.1, -0.05) is 87.8 Å². The highest BCUT2D eigenvalue weighted by Gasteiger charge is 2.43. The van der Waals surface area contributed by atoms with Gasteiger partial charge in [0.15, 0.2) is 0 Å². The lowest BCUT2D eigenvalue weighted by Gasteiger charge is -2.24. The lowest BCUT2D eigenvalue weighted by atomic mass is 9.79. The Balaban J connectivity index is 1.48. The van der Waals surface area contributed by atoms with Crippen LogP contribution in [0.3, 0.4) is 0 Å². The first kappa shape index (κ1) is 23.6. The van der Waals surface area contributed by atoms with Crippen molar-refractivity contribution < 1.29 is 0 Å². The fraction of sp³-hybridized carbons (Fsp3) is 0.222. The fourth-order valence-corrected chi connectivity index (χ4v) is 7.52. The third kappa shape index (κ3) is 2.89. The van der Waals surface area contributed by atoms with Crippen LogP contribution < -0.4 is 0 Å². The van der Waals surface area contributed by atoms with Crippen molar-refractivity contribution in [3.05, 3.63) is 118 Å². The van der Waals surface area contributed by atoms with Gasteiger partial charge in [-0.2, -0.15) is 0 Å². The van der Waals surface area contributed by atoms with E-state index in [2.05, 4.69) is 124 Å². The molecule has 1 aromatic heterocycles. The highest BCUT2D eigenvalue weighted by atomic mass is 35.5. The minimum atomic E-state index is -0.122. The first-order valence-electron chi connectivity index (χ1n) is 13.5. The molecule has 188 valence electrons. The molecule has 7 rings (SSSR count). The van der Waals surface area contributed by atoms with Gasteiger partial charge in [0.1, 0.15) is 0 Å². The zero-order valence-corrected chi connectivity index (χ0v) is 23.7. The summed E-state index contributed by atoms with van der Waals surface area (Å²) in [6, 6.07) is 29.4. The number of benzene rings is 4. The first-order chi connectivity index (χ1) is 18.2. The van der Waals surface area contributed by atoms with Crippen molar-refractivity contribution in [3.8, 4) is 16.8 Å². The van der Waals surface area contributed by atoms with E-state index >= 15 is 0 Å². The van der Waals surface area contributed by atoms with E-state index in [9.17, 15) is 0 Å². The molecular formula is C36H32ClN. The summed E-state index contributed by atoms with van der Waals surface area (Å²) in [7, 11) is 0. The van der Waals surface area contributed by atoms with Crippen molar-refractivity contribution in [2.45, 2.75) is 52.4 Å². The second kappa shape index (κ2) is 7.74. The number of aromatic nitrogens is 1. The molecule has 5 aromatic rings. The van der Waals surface area contributed by atoms with Crippen molar-refractivity contribution in [3.63, 3.8) is 0 Å². The normalized spacial score (nSPS) is 19.2. The Morgan fingerprint density at radius 2 is 1.24 bits per heavy atom. The molecular weight excluding hydrogens is 482 g/mol. The van der Waals surface area contributed by atoms with Crippen molar-refractivity contribution >= 4 is 39.0 Å². The summed E-state index contributed by atoms with van der Waals surface area (Å²) in [6.45, 7) is 13.5. The largest absolute Gasteiger partial charge is 0.309 e. The van der Waals surface area contributed by atoms with E-state index in [-0.39, 0.29) is 10.8 Å². The minimum absolute atomic E-state index is 0.0829. The van der Waals surface area contributed by atoms with E-state index in [4.69, 9.17) is 11.6 Å². The van der Waals surface area contributed by atoms with E-state index in [0.29, 0.717) is 0 Å². The number of fused-ring (bicyclic) bond motifs is 7. The molecule has 0 radical (unpaired) electrons. The van der Waals surface area contributed by atoms with E-state index in [1.54, 1.807) is 0 Å². The molecule has 0 N–H and O–H groups in total. The average Bonchev–Trinajstić information content (AvgIpc) is 3.44. The number of halogens is 1. The monoisotopic (exact) mass is 513 g/mol. The second-order valence-electron chi connectivity index (χ2n) is 11.9. The van der Waals surface area contributed by atoms with Crippen LogP contribution in [0.15, 0.2) is 95.5 Å². The van der Waals surface area contributed by atoms with E-state index < -0.39 is 0 Å². The molecule has 1 heterocycles. The summed E-state index contributed by atoms with van der Waals surface area (Å²) in [5.74, 6) is 0. The lowest BCUT2D eigenvalue weighted by Crippen LogP contribution is -2.17. The van der Waals surface area contributed by atoms with Gasteiger partial charge >= 0.3 is 0 Å². The zero-order valence-electron chi connectivity index (χ0n) is 22.9. The lowest BCUT2D eigenvalue weighted by molar-refractivity contribution is 0.650. The number of rotatable bonds is 1. The van der Waals surface area contributed by atoms with E-state index in [1.165, 1.54) is 72.0 Å².